The summed E-state index contributed by atoms with van der Waals surface area (Å²) < 4.78 is 0. The summed E-state index contributed by atoms with van der Waals surface area (Å²) >= 11 is 0. The SMILES string of the molecule is CCC(CCO)CN1C(=O)CCCC1=O. The largest absolute Gasteiger partial charge is 0.396 e. The molecule has 0 aromatic heterocycles. The topological polar surface area (TPSA) is 57.6 Å². The fourth-order valence-electron chi connectivity index (χ4n) is 1.87. The number of nitrogens with zero attached hydrogens (tertiary/aromatic N) is 1. The molecule has 1 fully saturated rings. The summed E-state index contributed by atoms with van der Waals surface area (Å²) in [5.74, 6) is 0.131. The zero-order valence-corrected chi connectivity index (χ0v) is 9.24. The van der Waals surface area contributed by atoms with E-state index in [-0.39, 0.29) is 24.3 Å². The van der Waals surface area contributed by atoms with Gasteiger partial charge >= 0.3 is 0 Å². The van der Waals surface area contributed by atoms with Crippen LogP contribution in [-0.2, 0) is 9.59 Å². The summed E-state index contributed by atoms with van der Waals surface area (Å²) in [6.07, 6.45) is 3.21. The fraction of sp³-hybridized carbons (Fsp3) is 0.818. The van der Waals surface area contributed by atoms with Crippen molar-refractivity contribution in [2.24, 2.45) is 5.92 Å². The maximum atomic E-state index is 11.5. The second-order valence-electron chi connectivity index (χ2n) is 4.04. The quantitative estimate of drug-likeness (QED) is 0.691. The molecule has 15 heavy (non-hydrogen) atoms. The van der Waals surface area contributed by atoms with Gasteiger partial charge in [-0.15, -0.1) is 0 Å². The smallest absolute Gasteiger partial charge is 0.229 e. The van der Waals surface area contributed by atoms with Crippen molar-refractivity contribution in [3.05, 3.63) is 0 Å². The number of aliphatic hydroxyl groups excluding tert-OH is 1. The Bertz CT molecular complexity index is 224. The molecule has 4 heteroatoms. The molecule has 2 amide bonds. The van der Waals surface area contributed by atoms with Crippen molar-refractivity contribution in [3.8, 4) is 0 Å². The highest BCUT2D eigenvalue weighted by atomic mass is 16.3. The molecule has 0 aromatic rings. The number of hydrogen-bond donors (Lipinski definition) is 1. The second kappa shape index (κ2) is 5.85. The van der Waals surface area contributed by atoms with E-state index in [0.717, 1.165) is 6.42 Å². The molecule has 1 rings (SSSR count). The lowest BCUT2D eigenvalue weighted by atomic mass is 10.00. The van der Waals surface area contributed by atoms with Crippen LogP contribution in [-0.4, -0.2) is 35.0 Å². The average Bonchev–Trinajstić information content (AvgIpc) is 2.22. The van der Waals surface area contributed by atoms with E-state index < -0.39 is 0 Å². The minimum atomic E-state index is -0.0531. The first-order valence-corrected chi connectivity index (χ1v) is 5.63. The maximum absolute atomic E-state index is 11.5. The van der Waals surface area contributed by atoms with Crippen LogP contribution in [0.1, 0.15) is 39.0 Å². The molecule has 0 spiro atoms. The molecular formula is C11H19NO3. The number of imide groups is 1. The van der Waals surface area contributed by atoms with Crippen LogP contribution in [0.25, 0.3) is 0 Å². The van der Waals surface area contributed by atoms with Crippen molar-refractivity contribution in [3.63, 3.8) is 0 Å². The molecule has 0 radical (unpaired) electrons. The zero-order valence-electron chi connectivity index (χ0n) is 9.24. The molecule has 1 atom stereocenters. The van der Waals surface area contributed by atoms with Gasteiger partial charge < -0.3 is 5.11 Å². The summed E-state index contributed by atoms with van der Waals surface area (Å²) in [4.78, 5) is 24.4. The zero-order chi connectivity index (χ0) is 11.3. The van der Waals surface area contributed by atoms with E-state index in [2.05, 4.69) is 0 Å². The molecule has 0 saturated carbocycles. The van der Waals surface area contributed by atoms with Crippen molar-refractivity contribution in [2.45, 2.75) is 39.0 Å². The number of carbonyl (C=O) groups is 2. The molecule has 1 aliphatic heterocycles. The number of rotatable bonds is 5. The molecule has 1 heterocycles. The van der Waals surface area contributed by atoms with Gasteiger partial charge in [0, 0.05) is 26.0 Å². The van der Waals surface area contributed by atoms with Gasteiger partial charge in [-0.2, -0.15) is 0 Å². The summed E-state index contributed by atoms with van der Waals surface area (Å²) in [6, 6.07) is 0. The molecule has 1 saturated heterocycles. The lowest BCUT2D eigenvalue weighted by Gasteiger charge is -2.28. The number of hydrogen-bond acceptors (Lipinski definition) is 3. The first-order valence-electron chi connectivity index (χ1n) is 5.63. The van der Waals surface area contributed by atoms with E-state index in [1.54, 1.807) is 0 Å². The summed E-state index contributed by atoms with van der Waals surface area (Å²) in [6.45, 7) is 2.61. The van der Waals surface area contributed by atoms with Gasteiger partial charge in [-0.25, -0.2) is 0 Å². The maximum Gasteiger partial charge on any atom is 0.229 e. The summed E-state index contributed by atoms with van der Waals surface area (Å²) in [5.41, 5.74) is 0. The van der Waals surface area contributed by atoms with E-state index in [0.29, 0.717) is 32.2 Å². The number of carbonyl (C=O) groups excluding carboxylic acids is 2. The minimum absolute atomic E-state index is 0.0531. The predicted molar refractivity (Wildman–Crippen MR) is 56.1 cm³/mol. The Labute approximate surface area is 90.3 Å². The number of aliphatic hydroxyl groups is 1. The standard InChI is InChI=1S/C11H19NO3/c1-2-9(6-7-13)8-12-10(14)4-3-5-11(12)15/h9,13H,2-8H2,1H3. The Kier molecular flexibility index (Phi) is 4.75. The van der Waals surface area contributed by atoms with Gasteiger partial charge in [0.05, 0.1) is 0 Å². The highest BCUT2D eigenvalue weighted by Gasteiger charge is 2.27. The van der Waals surface area contributed by atoms with E-state index in [4.69, 9.17) is 5.11 Å². The van der Waals surface area contributed by atoms with E-state index in [1.165, 1.54) is 4.90 Å². The third-order valence-corrected chi connectivity index (χ3v) is 2.94. The Balaban J connectivity index is 2.52. The van der Waals surface area contributed by atoms with E-state index in [1.807, 2.05) is 6.92 Å². The van der Waals surface area contributed by atoms with Crippen molar-refractivity contribution in [1.29, 1.82) is 0 Å². The van der Waals surface area contributed by atoms with Gasteiger partial charge in [-0.05, 0) is 18.8 Å². The average molecular weight is 213 g/mol. The minimum Gasteiger partial charge on any atom is -0.396 e. The highest BCUT2D eigenvalue weighted by molar-refractivity contribution is 5.97. The number of likely N-dealkylation sites (tertiary alicyclic amines) is 1. The lowest BCUT2D eigenvalue weighted by Crippen LogP contribution is -2.43. The van der Waals surface area contributed by atoms with Gasteiger partial charge in [-0.1, -0.05) is 13.3 Å². The van der Waals surface area contributed by atoms with Crippen molar-refractivity contribution in [2.75, 3.05) is 13.2 Å². The Morgan fingerprint density at radius 2 is 1.93 bits per heavy atom. The normalized spacial score (nSPS) is 19.5. The van der Waals surface area contributed by atoms with Crippen molar-refractivity contribution < 1.29 is 14.7 Å². The van der Waals surface area contributed by atoms with Gasteiger partial charge in [-0.3, -0.25) is 14.5 Å². The summed E-state index contributed by atoms with van der Waals surface area (Å²) in [7, 11) is 0. The molecule has 0 aliphatic carbocycles. The van der Waals surface area contributed by atoms with Crippen LogP contribution in [0, 0.1) is 5.92 Å². The molecule has 4 nitrogen and oxygen atoms in total. The molecule has 1 N–H and O–H groups in total. The fourth-order valence-corrected chi connectivity index (χ4v) is 1.87. The van der Waals surface area contributed by atoms with Gasteiger partial charge in [0.15, 0.2) is 0 Å². The first kappa shape index (κ1) is 12.2. The van der Waals surface area contributed by atoms with Crippen LogP contribution in [0.4, 0.5) is 0 Å². The Morgan fingerprint density at radius 3 is 2.40 bits per heavy atom. The third kappa shape index (κ3) is 3.30. The highest BCUT2D eigenvalue weighted by Crippen LogP contribution is 2.17. The second-order valence-corrected chi connectivity index (χ2v) is 4.04. The van der Waals surface area contributed by atoms with E-state index >= 15 is 0 Å². The van der Waals surface area contributed by atoms with Crippen LogP contribution in [0.3, 0.4) is 0 Å². The Morgan fingerprint density at radius 1 is 1.33 bits per heavy atom. The predicted octanol–water partition coefficient (Wildman–Crippen LogP) is 0.934. The van der Waals surface area contributed by atoms with Crippen LogP contribution in [0.2, 0.25) is 0 Å². The molecule has 1 unspecified atom stereocenters. The number of amides is 2. The van der Waals surface area contributed by atoms with Gasteiger partial charge in [0.1, 0.15) is 0 Å². The number of piperidine rings is 1. The van der Waals surface area contributed by atoms with Gasteiger partial charge in [0.2, 0.25) is 11.8 Å². The Hall–Kier alpha value is -0.900. The molecular weight excluding hydrogens is 194 g/mol. The molecule has 1 aliphatic rings. The molecule has 0 bridgehead atoms. The van der Waals surface area contributed by atoms with Crippen LogP contribution in [0.5, 0.6) is 0 Å². The lowest BCUT2D eigenvalue weighted by molar-refractivity contribution is -0.148. The van der Waals surface area contributed by atoms with E-state index in [9.17, 15) is 9.59 Å². The van der Waals surface area contributed by atoms with Crippen LogP contribution < -0.4 is 0 Å². The van der Waals surface area contributed by atoms with Crippen LogP contribution in [0.15, 0.2) is 0 Å². The molecule has 86 valence electrons. The van der Waals surface area contributed by atoms with Crippen LogP contribution >= 0.6 is 0 Å². The summed E-state index contributed by atoms with van der Waals surface area (Å²) in [5, 5.41) is 8.84. The molecule has 0 aromatic carbocycles. The van der Waals surface area contributed by atoms with Crippen molar-refractivity contribution in [1.82, 2.24) is 4.90 Å². The van der Waals surface area contributed by atoms with Gasteiger partial charge in [0.25, 0.3) is 0 Å². The first-order chi connectivity index (χ1) is 7.19. The van der Waals surface area contributed by atoms with Crippen molar-refractivity contribution >= 4 is 11.8 Å². The monoisotopic (exact) mass is 213 g/mol. The third-order valence-electron chi connectivity index (χ3n) is 2.94.